The summed E-state index contributed by atoms with van der Waals surface area (Å²) in [5, 5.41) is 47.9. The predicted molar refractivity (Wildman–Crippen MR) is 221 cm³/mol. The van der Waals surface area contributed by atoms with Crippen LogP contribution in [0.3, 0.4) is 0 Å². The number of hydrogen-bond donors (Lipinski definition) is 6. The van der Waals surface area contributed by atoms with E-state index in [1.54, 1.807) is 54.6 Å². The monoisotopic (exact) mass is 816 g/mol. The summed E-state index contributed by atoms with van der Waals surface area (Å²) in [6, 6.07) is 22.4. The average molecular weight is 817 g/mol. The number of phenolic OH excluding ortho intramolecular Hbond substituents is 2. The molecule has 0 radical (unpaired) electrons. The molecule has 0 aliphatic carbocycles. The number of nitrogens with zero attached hydrogens (tertiary/aromatic N) is 1. The molecular formula is C46H48N4O10. The number of nitriles is 1. The van der Waals surface area contributed by atoms with Gasteiger partial charge in [0.05, 0.1) is 12.2 Å². The van der Waals surface area contributed by atoms with E-state index < -0.39 is 17.5 Å². The minimum Gasteiger partial charge on any atom is -0.511 e. The fourth-order valence-corrected chi connectivity index (χ4v) is 7.26. The zero-order valence-corrected chi connectivity index (χ0v) is 33.3. The van der Waals surface area contributed by atoms with Crippen molar-refractivity contribution in [2.75, 3.05) is 25.0 Å². The summed E-state index contributed by atoms with van der Waals surface area (Å²) in [7, 11) is 0. The molecule has 6 N–H and O–H groups in total. The van der Waals surface area contributed by atoms with E-state index in [9.17, 15) is 39.8 Å². The SMILES string of the molecule is CCC/C(O)=C(\C#N)C(=O)Nc1ccc(OCCCCCC(=O)NCCCCCCNC(=O)c2ccc3c(c2)C(=O)OC32c3ccc(O)cc3Oc3cc(O)ccc32)cc1. The van der Waals surface area contributed by atoms with Gasteiger partial charge in [-0.3, -0.25) is 14.4 Å². The third-order valence-electron chi connectivity index (χ3n) is 10.3. The van der Waals surface area contributed by atoms with Gasteiger partial charge in [-0.25, -0.2) is 4.79 Å². The molecule has 0 saturated carbocycles. The lowest BCUT2D eigenvalue weighted by atomic mass is 9.77. The lowest BCUT2D eigenvalue weighted by Crippen LogP contribution is -2.33. The van der Waals surface area contributed by atoms with Gasteiger partial charge in [0.1, 0.15) is 40.6 Å². The number of amides is 3. The lowest BCUT2D eigenvalue weighted by Gasteiger charge is -2.36. The Labute approximate surface area is 347 Å². The van der Waals surface area contributed by atoms with E-state index in [-0.39, 0.29) is 58.1 Å². The first-order chi connectivity index (χ1) is 29.0. The number of carbonyl (C=O) groups excluding carboxylic acids is 4. The maximum atomic E-state index is 13.4. The van der Waals surface area contributed by atoms with Gasteiger partial charge < -0.3 is 45.5 Å². The van der Waals surface area contributed by atoms with Crippen LogP contribution in [0.1, 0.15) is 109 Å². The second-order valence-corrected chi connectivity index (χ2v) is 14.6. The van der Waals surface area contributed by atoms with Crippen LogP contribution in [-0.2, 0) is 19.9 Å². The molecule has 1 spiro atoms. The number of aromatic hydroxyl groups is 2. The number of nitrogens with one attached hydrogen (secondary N) is 3. The number of aliphatic hydroxyl groups is 1. The van der Waals surface area contributed by atoms with Crippen molar-refractivity contribution in [3.8, 4) is 34.8 Å². The quantitative estimate of drug-likeness (QED) is 0.0177. The average Bonchev–Trinajstić information content (AvgIpc) is 3.51. The lowest BCUT2D eigenvalue weighted by molar-refractivity contribution is -0.121. The molecule has 2 aliphatic heterocycles. The Hall–Kier alpha value is -7.01. The van der Waals surface area contributed by atoms with Crippen molar-refractivity contribution in [3.05, 3.63) is 118 Å². The van der Waals surface area contributed by atoms with Crippen LogP contribution >= 0.6 is 0 Å². The number of carbonyl (C=O) groups is 4. The van der Waals surface area contributed by atoms with Crippen LogP contribution in [0.5, 0.6) is 28.7 Å². The second-order valence-electron chi connectivity index (χ2n) is 14.6. The number of anilines is 1. The van der Waals surface area contributed by atoms with E-state index in [4.69, 9.17) is 14.2 Å². The van der Waals surface area contributed by atoms with Crippen molar-refractivity contribution in [1.82, 2.24) is 10.6 Å². The summed E-state index contributed by atoms with van der Waals surface area (Å²) in [5.41, 5.74) is 0.855. The van der Waals surface area contributed by atoms with Gasteiger partial charge in [-0.15, -0.1) is 0 Å². The topological polar surface area (TPSA) is 217 Å². The van der Waals surface area contributed by atoms with Crippen LogP contribution in [0, 0.1) is 11.3 Å². The molecule has 2 heterocycles. The molecule has 0 fully saturated rings. The maximum Gasteiger partial charge on any atom is 0.340 e. The molecule has 0 aromatic heterocycles. The van der Waals surface area contributed by atoms with Gasteiger partial charge >= 0.3 is 5.97 Å². The number of phenols is 2. The Morgan fingerprint density at radius 2 is 1.40 bits per heavy atom. The number of hydrogen-bond acceptors (Lipinski definition) is 11. The van der Waals surface area contributed by atoms with Crippen molar-refractivity contribution in [2.24, 2.45) is 0 Å². The number of esters is 1. The van der Waals surface area contributed by atoms with Gasteiger partial charge in [0.25, 0.3) is 11.8 Å². The summed E-state index contributed by atoms with van der Waals surface area (Å²) in [5.74, 6) is -0.714. The van der Waals surface area contributed by atoms with Crippen molar-refractivity contribution < 1.29 is 48.7 Å². The van der Waals surface area contributed by atoms with Gasteiger partial charge in [0.2, 0.25) is 5.91 Å². The molecular weight excluding hydrogens is 769 g/mol. The van der Waals surface area contributed by atoms with Crippen molar-refractivity contribution in [3.63, 3.8) is 0 Å². The highest BCUT2D eigenvalue weighted by Crippen LogP contribution is 2.57. The van der Waals surface area contributed by atoms with Gasteiger partial charge in [0, 0.05) is 66.0 Å². The molecule has 60 heavy (non-hydrogen) atoms. The predicted octanol–water partition coefficient (Wildman–Crippen LogP) is 7.79. The van der Waals surface area contributed by atoms with Gasteiger partial charge in [0.15, 0.2) is 11.2 Å². The van der Waals surface area contributed by atoms with Crippen LogP contribution in [-0.4, -0.2) is 58.7 Å². The molecule has 0 unspecified atom stereocenters. The fourth-order valence-electron chi connectivity index (χ4n) is 7.26. The molecule has 14 heteroatoms. The number of rotatable bonds is 19. The smallest absolute Gasteiger partial charge is 0.340 e. The summed E-state index contributed by atoms with van der Waals surface area (Å²) < 4.78 is 17.8. The second kappa shape index (κ2) is 19.6. The summed E-state index contributed by atoms with van der Waals surface area (Å²) >= 11 is 0. The first-order valence-corrected chi connectivity index (χ1v) is 20.2. The Morgan fingerprint density at radius 3 is 2.05 bits per heavy atom. The zero-order chi connectivity index (χ0) is 42.6. The van der Waals surface area contributed by atoms with Gasteiger partial charge in [-0.05, 0) is 99.2 Å². The van der Waals surface area contributed by atoms with Crippen LogP contribution in [0.15, 0.2) is 90.2 Å². The van der Waals surface area contributed by atoms with Crippen molar-refractivity contribution >= 4 is 29.4 Å². The van der Waals surface area contributed by atoms with E-state index in [1.165, 1.54) is 30.3 Å². The van der Waals surface area contributed by atoms with Gasteiger partial charge in [-0.1, -0.05) is 25.8 Å². The van der Waals surface area contributed by atoms with E-state index in [1.807, 2.05) is 6.92 Å². The third-order valence-corrected chi connectivity index (χ3v) is 10.3. The fraction of sp³-hybridized carbons (Fsp3) is 0.326. The number of aliphatic hydroxyl groups excluding tert-OH is 1. The molecule has 0 saturated heterocycles. The maximum absolute atomic E-state index is 13.4. The van der Waals surface area contributed by atoms with Crippen LogP contribution in [0.2, 0.25) is 0 Å². The van der Waals surface area contributed by atoms with Crippen molar-refractivity contribution in [1.29, 1.82) is 5.26 Å². The minimum atomic E-state index is -1.40. The molecule has 14 nitrogen and oxygen atoms in total. The highest BCUT2D eigenvalue weighted by Gasteiger charge is 2.53. The molecule has 4 aromatic carbocycles. The number of benzene rings is 4. The Balaban J connectivity index is 0.843. The van der Waals surface area contributed by atoms with Crippen LogP contribution < -0.4 is 25.4 Å². The molecule has 312 valence electrons. The van der Waals surface area contributed by atoms with E-state index in [0.717, 1.165) is 44.9 Å². The third kappa shape index (κ3) is 9.81. The molecule has 0 atom stereocenters. The Morgan fingerprint density at radius 1 is 0.767 bits per heavy atom. The summed E-state index contributed by atoms with van der Waals surface area (Å²) in [6.45, 7) is 3.34. The highest BCUT2D eigenvalue weighted by atomic mass is 16.6. The van der Waals surface area contributed by atoms with Crippen LogP contribution in [0.4, 0.5) is 5.69 Å². The number of ether oxygens (including phenoxy) is 3. The first kappa shape index (κ1) is 42.6. The van der Waals surface area contributed by atoms with E-state index in [2.05, 4.69) is 16.0 Å². The molecule has 6 rings (SSSR count). The number of fused-ring (bicyclic) bond motifs is 6. The highest BCUT2D eigenvalue weighted by molar-refractivity contribution is 6.07. The molecule has 2 aliphatic rings. The number of allylic oxidation sites excluding steroid dienone is 1. The minimum absolute atomic E-state index is 0.00575. The van der Waals surface area contributed by atoms with Crippen molar-refractivity contribution in [2.45, 2.75) is 76.7 Å². The number of unbranched alkanes of at least 4 members (excludes halogenated alkanes) is 5. The zero-order valence-electron chi connectivity index (χ0n) is 33.3. The van der Waals surface area contributed by atoms with E-state index >= 15 is 0 Å². The Kier molecular flexibility index (Phi) is 13.9. The summed E-state index contributed by atoms with van der Waals surface area (Å²) in [4.78, 5) is 51.0. The largest absolute Gasteiger partial charge is 0.511 e. The molecule has 4 aromatic rings. The standard InChI is InChI=1S/C46H48N4O10/c1-2-10-39(53)35(28-47)44(56)50-30-13-17-33(18-14-30)58-24-9-5-6-11-42(54)48-22-7-3-4-8-23-49-43(55)29-12-19-36-34(25-29)45(57)60-46(36)37-20-15-31(51)26-40(37)59-41-27-32(52)16-21-38(41)46/h12-21,25-27,51-53H,2-11,22-24H2,1H3,(H,48,54)(H,49,55)(H,50,56)/b39-35-. The normalized spacial score (nSPS) is 13.4. The van der Waals surface area contributed by atoms with E-state index in [0.29, 0.717) is 66.2 Å². The molecule has 0 bridgehead atoms. The Bertz CT molecular complexity index is 2260. The van der Waals surface area contributed by atoms with Crippen LogP contribution in [0.25, 0.3) is 0 Å². The first-order valence-electron chi connectivity index (χ1n) is 20.2. The summed E-state index contributed by atoms with van der Waals surface area (Å²) in [6.07, 6.45) is 6.94. The molecule has 3 amide bonds. The van der Waals surface area contributed by atoms with Gasteiger partial charge in [-0.2, -0.15) is 5.26 Å².